The highest BCUT2D eigenvalue weighted by Gasteiger charge is 2.16. The molecule has 5 nitrogen and oxygen atoms in total. The van der Waals surface area contributed by atoms with Crippen molar-refractivity contribution < 1.29 is 9.59 Å². The molecule has 1 N–H and O–H groups in total. The summed E-state index contributed by atoms with van der Waals surface area (Å²) in [6.07, 6.45) is 0. The van der Waals surface area contributed by atoms with Crippen LogP contribution in [0, 0.1) is 0 Å². The maximum absolute atomic E-state index is 12.0. The quantitative estimate of drug-likeness (QED) is 0.908. The number of nitrogens with one attached hydrogen (secondary N) is 1. The van der Waals surface area contributed by atoms with Crippen molar-refractivity contribution in [2.75, 3.05) is 32.0 Å². The third kappa shape index (κ3) is 4.74. The van der Waals surface area contributed by atoms with E-state index in [1.165, 1.54) is 4.90 Å². The molecule has 0 atom stereocenters. The molecule has 0 bridgehead atoms. The summed E-state index contributed by atoms with van der Waals surface area (Å²) in [6.45, 7) is 5.15. The van der Waals surface area contributed by atoms with Gasteiger partial charge in [-0.3, -0.25) is 4.79 Å². The number of halogens is 1. The zero-order valence-corrected chi connectivity index (χ0v) is 12.8. The Morgan fingerprint density at radius 3 is 2.45 bits per heavy atom. The fourth-order valence-corrected chi connectivity index (χ4v) is 1.93. The molecule has 3 amide bonds. The Morgan fingerprint density at radius 1 is 1.25 bits per heavy atom. The maximum Gasteiger partial charge on any atom is 0.322 e. The molecule has 0 aromatic heterocycles. The Morgan fingerprint density at radius 2 is 1.90 bits per heavy atom. The van der Waals surface area contributed by atoms with Gasteiger partial charge in [-0.05, 0) is 32.0 Å². The summed E-state index contributed by atoms with van der Waals surface area (Å²) in [7, 11) is 1.58. The summed E-state index contributed by atoms with van der Waals surface area (Å²) < 4.78 is 0. The fraction of sp³-hybridized carbons (Fsp3) is 0.429. The van der Waals surface area contributed by atoms with Crippen molar-refractivity contribution in [1.29, 1.82) is 0 Å². The Hall–Kier alpha value is -1.75. The van der Waals surface area contributed by atoms with Gasteiger partial charge in [-0.2, -0.15) is 0 Å². The molecule has 20 heavy (non-hydrogen) atoms. The first-order valence-electron chi connectivity index (χ1n) is 6.53. The number of nitrogens with zero attached hydrogens (tertiary/aromatic N) is 2. The molecule has 1 rings (SSSR count). The smallest absolute Gasteiger partial charge is 0.322 e. The highest BCUT2D eigenvalue weighted by molar-refractivity contribution is 6.30. The van der Waals surface area contributed by atoms with Gasteiger partial charge >= 0.3 is 6.03 Å². The van der Waals surface area contributed by atoms with Crippen LogP contribution in [0.2, 0.25) is 5.02 Å². The molecule has 0 unspecified atom stereocenters. The van der Waals surface area contributed by atoms with E-state index < -0.39 is 0 Å². The minimum atomic E-state index is -0.340. The number of amides is 3. The first-order valence-corrected chi connectivity index (χ1v) is 6.91. The molecular formula is C14H20ClN3O2. The average Bonchev–Trinajstić information content (AvgIpc) is 2.40. The van der Waals surface area contributed by atoms with Gasteiger partial charge in [0, 0.05) is 30.8 Å². The van der Waals surface area contributed by atoms with E-state index in [-0.39, 0.29) is 18.5 Å². The molecule has 0 heterocycles. The van der Waals surface area contributed by atoms with Gasteiger partial charge in [0.15, 0.2) is 0 Å². The van der Waals surface area contributed by atoms with Gasteiger partial charge in [-0.1, -0.05) is 17.7 Å². The zero-order chi connectivity index (χ0) is 15.1. The van der Waals surface area contributed by atoms with Crippen LogP contribution >= 0.6 is 11.6 Å². The molecule has 110 valence electrons. The topological polar surface area (TPSA) is 52.7 Å². The van der Waals surface area contributed by atoms with Crippen LogP contribution in [-0.4, -0.2) is 48.4 Å². The molecule has 0 aliphatic rings. The number of urea groups is 1. The van der Waals surface area contributed by atoms with E-state index in [0.717, 1.165) is 0 Å². The molecule has 0 spiro atoms. The molecular weight excluding hydrogens is 278 g/mol. The number of likely N-dealkylation sites (N-methyl/N-ethyl adjacent to an activating group) is 2. The predicted octanol–water partition coefficient (Wildman–Crippen LogP) is 2.67. The van der Waals surface area contributed by atoms with Crippen LogP contribution in [0.3, 0.4) is 0 Å². The standard InChI is InChI=1S/C14H20ClN3O2/c1-4-18(5-2)13(19)10-17(3)14(20)16-12-8-6-7-11(15)9-12/h6-9H,4-5,10H2,1-3H3,(H,16,20). The second kappa shape index (κ2) is 7.75. The molecule has 0 fully saturated rings. The largest absolute Gasteiger partial charge is 0.342 e. The van der Waals surface area contributed by atoms with E-state index >= 15 is 0 Å². The van der Waals surface area contributed by atoms with Gasteiger partial charge < -0.3 is 15.1 Å². The predicted molar refractivity (Wildman–Crippen MR) is 81.0 cm³/mol. The lowest BCUT2D eigenvalue weighted by atomic mass is 10.3. The van der Waals surface area contributed by atoms with Crippen LogP contribution in [-0.2, 0) is 4.79 Å². The van der Waals surface area contributed by atoms with Crippen molar-refractivity contribution in [3.8, 4) is 0 Å². The summed E-state index contributed by atoms with van der Waals surface area (Å²) in [6, 6.07) is 6.53. The highest BCUT2D eigenvalue weighted by atomic mass is 35.5. The van der Waals surface area contributed by atoms with Crippen molar-refractivity contribution in [2.45, 2.75) is 13.8 Å². The third-order valence-corrected chi connectivity index (χ3v) is 3.15. The maximum atomic E-state index is 12.0. The fourth-order valence-electron chi connectivity index (χ4n) is 1.74. The van der Waals surface area contributed by atoms with Crippen molar-refractivity contribution in [1.82, 2.24) is 9.80 Å². The molecule has 0 saturated heterocycles. The molecule has 0 saturated carbocycles. The Kier molecular flexibility index (Phi) is 6.31. The van der Waals surface area contributed by atoms with Crippen molar-refractivity contribution >= 4 is 29.2 Å². The van der Waals surface area contributed by atoms with Gasteiger partial charge in [-0.25, -0.2) is 4.79 Å². The van der Waals surface area contributed by atoms with Crippen LogP contribution in [0.1, 0.15) is 13.8 Å². The van der Waals surface area contributed by atoms with Crippen molar-refractivity contribution in [3.05, 3.63) is 29.3 Å². The summed E-state index contributed by atoms with van der Waals surface area (Å²) in [5, 5.41) is 3.24. The van der Waals surface area contributed by atoms with Gasteiger partial charge in [-0.15, -0.1) is 0 Å². The van der Waals surface area contributed by atoms with Crippen LogP contribution in [0.25, 0.3) is 0 Å². The van der Waals surface area contributed by atoms with E-state index in [1.54, 1.807) is 36.2 Å². The lowest BCUT2D eigenvalue weighted by Gasteiger charge is -2.23. The average molecular weight is 298 g/mol. The van der Waals surface area contributed by atoms with E-state index in [9.17, 15) is 9.59 Å². The lowest BCUT2D eigenvalue weighted by molar-refractivity contribution is -0.131. The van der Waals surface area contributed by atoms with Gasteiger partial charge in [0.2, 0.25) is 5.91 Å². The van der Waals surface area contributed by atoms with Gasteiger partial charge in [0.05, 0.1) is 0 Å². The molecule has 1 aromatic rings. The van der Waals surface area contributed by atoms with Crippen molar-refractivity contribution in [3.63, 3.8) is 0 Å². The van der Waals surface area contributed by atoms with E-state index in [1.807, 2.05) is 13.8 Å². The molecule has 1 aromatic carbocycles. The second-order valence-corrected chi connectivity index (χ2v) is 4.80. The molecule has 0 aliphatic carbocycles. The number of hydrogen-bond acceptors (Lipinski definition) is 2. The number of benzene rings is 1. The summed E-state index contributed by atoms with van der Waals surface area (Å²) in [4.78, 5) is 26.9. The third-order valence-electron chi connectivity index (χ3n) is 2.91. The van der Waals surface area contributed by atoms with E-state index in [4.69, 9.17) is 11.6 Å². The molecule has 6 heteroatoms. The highest BCUT2D eigenvalue weighted by Crippen LogP contribution is 2.15. The number of carbonyl (C=O) groups is 2. The molecule has 0 aliphatic heterocycles. The Bertz CT molecular complexity index is 475. The van der Waals surface area contributed by atoms with Crippen molar-refractivity contribution in [2.24, 2.45) is 0 Å². The zero-order valence-electron chi connectivity index (χ0n) is 12.0. The molecule has 0 radical (unpaired) electrons. The lowest BCUT2D eigenvalue weighted by Crippen LogP contribution is -2.42. The van der Waals surface area contributed by atoms with E-state index in [2.05, 4.69) is 5.32 Å². The number of rotatable bonds is 5. The van der Waals surface area contributed by atoms with Crippen LogP contribution in [0.4, 0.5) is 10.5 Å². The van der Waals surface area contributed by atoms with Crippen LogP contribution < -0.4 is 5.32 Å². The minimum absolute atomic E-state index is 0.0497. The van der Waals surface area contributed by atoms with Gasteiger partial charge in [0.25, 0.3) is 0 Å². The Balaban J connectivity index is 2.57. The number of hydrogen-bond donors (Lipinski definition) is 1. The number of anilines is 1. The summed E-state index contributed by atoms with van der Waals surface area (Å²) in [5.74, 6) is -0.0706. The van der Waals surface area contributed by atoms with Gasteiger partial charge in [0.1, 0.15) is 6.54 Å². The Labute approximate surface area is 124 Å². The monoisotopic (exact) mass is 297 g/mol. The minimum Gasteiger partial charge on any atom is -0.342 e. The van der Waals surface area contributed by atoms with Crippen LogP contribution in [0.15, 0.2) is 24.3 Å². The summed E-state index contributed by atoms with van der Waals surface area (Å²) in [5.41, 5.74) is 0.602. The summed E-state index contributed by atoms with van der Waals surface area (Å²) >= 11 is 5.85. The second-order valence-electron chi connectivity index (χ2n) is 4.36. The SMILES string of the molecule is CCN(CC)C(=O)CN(C)C(=O)Nc1cccc(Cl)c1. The van der Waals surface area contributed by atoms with E-state index in [0.29, 0.717) is 23.8 Å². The first-order chi connectivity index (χ1) is 9.47. The van der Waals surface area contributed by atoms with Crippen LogP contribution in [0.5, 0.6) is 0 Å². The first kappa shape index (κ1) is 16.3. The normalized spacial score (nSPS) is 10.0. The number of carbonyl (C=O) groups excluding carboxylic acids is 2.